The summed E-state index contributed by atoms with van der Waals surface area (Å²) in [5.41, 5.74) is 2.17. The fraction of sp³-hybridized carbons (Fsp3) is 0.125. The van der Waals surface area contributed by atoms with Gasteiger partial charge in [0.25, 0.3) is 0 Å². The Labute approximate surface area is 132 Å². The number of allylic oxidation sites excluding steroid dienone is 1. The van der Waals surface area contributed by atoms with Gasteiger partial charge in [0.05, 0.1) is 23.1 Å². The highest BCUT2D eigenvalue weighted by atomic mass is 32.1. The molecule has 0 aliphatic rings. The van der Waals surface area contributed by atoms with Crippen molar-refractivity contribution in [3.63, 3.8) is 0 Å². The van der Waals surface area contributed by atoms with Crippen molar-refractivity contribution in [3.05, 3.63) is 59.5 Å². The second-order valence-electron chi connectivity index (χ2n) is 4.57. The molecule has 22 heavy (non-hydrogen) atoms. The van der Waals surface area contributed by atoms with E-state index in [4.69, 9.17) is 0 Å². The zero-order chi connectivity index (χ0) is 15.4. The molecule has 0 aromatic carbocycles. The van der Waals surface area contributed by atoms with Crippen LogP contribution in [0.4, 0.5) is 0 Å². The molecule has 0 fully saturated rings. The van der Waals surface area contributed by atoms with Gasteiger partial charge >= 0.3 is 0 Å². The van der Waals surface area contributed by atoms with E-state index in [1.807, 2.05) is 30.5 Å². The van der Waals surface area contributed by atoms with Gasteiger partial charge in [0.1, 0.15) is 5.01 Å². The van der Waals surface area contributed by atoms with Crippen LogP contribution < -0.4 is 0 Å². The Morgan fingerprint density at radius 1 is 1.41 bits per heavy atom. The fourth-order valence-electron chi connectivity index (χ4n) is 1.89. The second kappa shape index (κ2) is 6.44. The summed E-state index contributed by atoms with van der Waals surface area (Å²) in [5.74, 6) is -0.0768. The Morgan fingerprint density at radius 2 is 2.32 bits per heavy atom. The lowest BCUT2D eigenvalue weighted by atomic mass is 10.2. The van der Waals surface area contributed by atoms with Gasteiger partial charge in [-0.1, -0.05) is 6.07 Å². The summed E-state index contributed by atoms with van der Waals surface area (Å²) in [6, 6.07) is 5.71. The van der Waals surface area contributed by atoms with Gasteiger partial charge in [0.15, 0.2) is 5.78 Å². The first kappa shape index (κ1) is 14.3. The van der Waals surface area contributed by atoms with Gasteiger partial charge in [0, 0.05) is 24.3 Å². The van der Waals surface area contributed by atoms with Crippen LogP contribution >= 0.6 is 11.3 Å². The maximum absolute atomic E-state index is 12.0. The van der Waals surface area contributed by atoms with E-state index in [-0.39, 0.29) is 5.78 Å². The minimum Gasteiger partial charge on any atom is -0.289 e. The van der Waals surface area contributed by atoms with Crippen LogP contribution in [0, 0.1) is 0 Å². The summed E-state index contributed by atoms with van der Waals surface area (Å²) < 4.78 is 1.73. The Morgan fingerprint density at radius 3 is 3.05 bits per heavy atom. The number of rotatable bonds is 5. The summed E-state index contributed by atoms with van der Waals surface area (Å²) in [4.78, 5) is 20.8. The van der Waals surface area contributed by atoms with Crippen LogP contribution in [0.15, 0.2) is 48.2 Å². The molecule has 0 N–H and O–H groups in total. The van der Waals surface area contributed by atoms with Crippen LogP contribution in [-0.2, 0) is 6.54 Å². The molecule has 0 aliphatic heterocycles. The number of hydrogen-bond acceptors (Lipinski definition) is 5. The summed E-state index contributed by atoms with van der Waals surface area (Å²) in [6.07, 6.45) is 8.30. The standard InChI is InChI=1S/C16H14N4OS/c1-2-20-10-12(9-18-20)15(21)7-6-13-11-22-16(19-13)14-5-3-4-8-17-14/h3-11H,2H2,1H3/b7-6-. The minimum absolute atomic E-state index is 0.0768. The predicted molar refractivity (Wildman–Crippen MR) is 86.6 cm³/mol. The van der Waals surface area contributed by atoms with Gasteiger partial charge in [-0.3, -0.25) is 14.5 Å². The molecule has 0 radical (unpaired) electrons. The summed E-state index contributed by atoms with van der Waals surface area (Å²) in [6.45, 7) is 2.72. The lowest BCUT2D eigenvalue weighted by Gasteiger charge is -1.92. The highest BCUT2D eigenvalue weighted by Crippen LogP contribution is 2.21. The molecule has 0 bridgehead atoms. The predicted octanol–water partition coefficient (Wildman–Crippen LogP) is 3.32. The van der Waals surface area contributed by atoms with E-state index < -0.39 is 0 Å². The number of aromatic nitrogens is 4. The van der Waals surface area contributed by atoms with E-state index in [2.05, 4.69) is 15.1 Å². The fourth-order valence-corrected chi connectivity index (χ4v) is 2.65. The molecule has 0 atom stereocenters. The van der Waals surface area contributed by atoms with Crippen LogP contribution in [0.1, 0.15) is 23.0 Å². The van der Waals surface area contributed by atoms with Crippen LogP contribution in [0.3, 0.4) is 0 Å². The first-order valence-corrected chi connectivity index (χ1v) is 7.76. The Bertz CT molecular complexity index is 804. The molecule has 0 aliphatic carbocycles. The molecular weight excluding hydrogens is 296 g/mol. The molecule has 3 rings (SSSR count). The quantitative estimate of drug-likeness (QED) is 0.536. The van der Waals surface area contributed by atoms with Crippen LogP contribution in [0.2, 0.25) is 0 Å². The second-order valence-corrected chi connectivity index (χ2v) is 5.43. The van der Waals surface area contributed by atoms with Gasteiger partial charge in [-0.25, -0.2) is 4.98 Å². The van der Waals surface area contributed by atoms with Gasteiger partial charge in [-0.2, -0.15) is 5.10 Å². The third kappa shape index (κ3) is 3.17. The van der Waals surface area contributed by atoms with E-state index >= 15 is 0 Å². The first-order valence-electron chi connectivity index (χ1n) is 6.88. The number of hydrogen-bond donors (Lipinski definition) is 0. The van der Waals surface area contributed by atoms with Crippen LogP contribution in [-0.4, -0.2) is 25.5 Å². The molecule has 0 unspecified atom stereocenters. The van der Waals surface area contributed by atoms with Gasteiger partial charge < -0.3 is 0 Å². The number of carbonyl (C=O) groups is 1. The molecule has 3 aromatic rings. The molecule has 0 saturated heterocycles. The highest BCUT2D eigenvalue weighted by Gasteiger charge is 2.06. The zero-order valence-electron chi connectivity index (χ0n) is 12.0. The highest BCUT2D eigenvalue weighted by molar-refractivity contribution is 7.13. The van der Waals surface area contributed by atoms with Crippen molar-refractivity contribution in [2.45, 2.75) is 13.5 Å². The maximum atomic E-state index is 12.0. The largest absolute Gasteiger partial charge is 0.289 e. The van der Waals surface area contributed by atoms with E-state index in [0.717, 1.165) is 22.9 Å². The lowest BCUT2D eigenvalue weighted by Crippen LogP contribution is -1.94. The van der Waals surface area contributed by atoms with Crippen LogP contribution in [0.5, 0.6) is 0 Å². The smallest absolute Gasteiger partial charge is 0.189 e. The topological polar surface area (TPSA) is 60.7 Å². The molecule has 3 aromatic heterocycles. The molecule has 0 saturated carbocycles. The summed E-state index contributed by atoms with van der Waals surface area (Å²) in [5, 5.41) is 6.84. The average Bonchev–Trinajstić information content (AvgIpc) is 3.22. The number of thiazole rings is 1. The number of aryl methyl sites for hydroxylation is 1. The Hall–Kier alpha value is -2.60. The number of nitrogens with zero attached hydrogens (tertiary/aromatic N) is 4. The van der Waals surface area contributed by atoms with Crippen molar-refractivity contribution in [1.29, 1.82) is 0 Å². The number of pyridine rings is 1. The van der Waals surface area contributed by atoms with E-state index in [0.29, 0.717) is 5.56 Å². The minimum atomic E-state index is -0.0768. The Balaban J connectivity index is 1.73. The van der Waals surface area contributed by atoms with Crippen LogP contribution in [0.25, 0.3) is 16.8 Å². The zero-order valence-corrected chi connectivity index (χ0v) is 12.8. The molecule has 6 heteroatoms. The normalized spacial score (nSPS) is 11.1. The third-order valence-electron chi connectivity index (χ3n) is 3.05. The average molecular weight is 310 g/mol. The van der Waals surface area contributed by atoms with Gasteiger partial charge in [-0.15, -0.1) is 11.3 Å². The molecule has 5 nitrogen and oxygen atoms in total. The van der Waals surface area contributed by atoms with E-state index in [1.54, 1.807) is 29.3 Å². The SMILES string of the molecule is CCn1cc(C(=O)/C=C\c2csc(-c3ccccn3)n2)cn1. The van der Waals surface area contributed by atoms with E-state index in [1.165, 1.54) is 17.4 Å². The molecular formula is C16H14N4OS. The van der Waals surface area contributed by atoms with Crippen molar-refractivity contribution < 1.29 is 4.79 Å². The number of carbonyl (C=O) groups excluding carboxylic acids is 1. The van der Waals surface area contributed by atoms with Crippen molar-refractivity contribution in [2.24, 2.45) is 0 Å². The summed E-state index contributed by atoms with van der Waals surface area (Å²) in [7, 11) is 0. The molecule has 0 amide bonds. The molecule has 0 spiro atoms. The Kier molecular flexibility index (Phi) is 4.20. The van der Waals surface area contributed by atoms with Crippen molar-refractivity contribution in [1.82, 2.24) is 19.7 Å². The third-order valence-corrected chi connectivity index (χ3v) is 3.94. The van der Waals surface area contributed by atoms with E-state index in [9.17, 15) is 4.79 Å². The summed E-state index contributed by atoms with van der Waals surface area (Å²) >= 11 is 1.51. The van der Waals surface area contributed by atoms with Crippen molar-refractivity contribution in [3.8, 4) is 10.7 Å². The maximum Gasteiger partial charge on any atom is 0.189 e. The first-order chi connectivity index (χ1) is 10.8. The number of ketones is 1. The molecule has 110 valence electrons. The van der Waals surface area contributed by atoms with Gasteiger partial charge in [0.2, 0.25) is 0 Å². The van der Waals surface area contributed by atoms with Gasteiger partial charge in [-0.05, 0) is 31.2 Å². The monoisotopic (exact) mass is 310 g/mol. The van der Waals surface area contributed by atoms with Crippen molar-refractivity contribution in [2.75, 3.05) is 0 Å². The van der Waals surface area contributed by atoms with Crippen molar-refractivity contribution >= 4 is 23.2 Å². The molecule has 3 heterocycles. The lowest BCUT2D eigenvalue weighted by molar-refractivity contribution is 0.104.